The molecule has 0 radical (unpaired) electrons. The lowest BCUT2D eigenvalue weighted by Crippen LogP contribution is -2.62. The lowest BCUT2D eigenvalue weighted by molar-refractivity contribution is -0.144. The molecular weight excluding hydrogens is 282 g/mol. The van der Waals surface area contributed by atoms with E-state index in [4.69, 9.17) is 14.6 Å². The van der Waals surface area contributed by atoms with Gasteiger partial charge in [-0.15, -0.1) is 0 Å². The maximum Gasteiger partial charge on any atom is 0.328 e. The van der Waals surface area contributed by atoms with Gasteiger partial charge in [-0.25, -0.2) is 9.59 Å². The zero-order chi connectivity index (χ0) is 15.5. The summed E-state index contributed by atoms with van der Waals surface area (Å²) in [6.07, 6.45) is 0.645. The average molecular weight is 301 g/mol. The lowest BCUT2D eigenvalue weighted by Gasteiger charge is -2.34. The molecule has 0 aromatic rings. The van der Waals surface area contributed by atoms with Gasteiger partial charge < -0.3 is 25.2 Å². The molecule has 0 aromatic heterocycles. The van der Waals surface area contributed by atoms with Gasteiger partial charge in [0.05, 0.1) is 13.2 Å². The molecule has 2 fully saturated rings. The van der Waals surface area contributed by atoms with Crippen molar-refractivity contribution in [3.63, 3.8) is 0 Å². The highest BCUT2D eigenvalue weighted by Crippen LogP contribution is 2.21. The standard InChI is InChI=1S/C12H19N3O6/c1-20-12(2-3-21-7-12)6-14-11(19)15-5-9(16)13-4-8(15)10(17)18/h8H,2-7H2,1H3,(H,13,16)(H,14,19)(H,17,18). The first-order valence-electron chi connectivity index (χ1n) is 6.64. The molecule has 3 N–H and O–H groups in total. The Bertz CT molecular complexity index is 435. The molecule has 2 aliphatic rings. The number of urea groups is 1. The summed E-state index contributed by atoms with van der Waals surface area (Å²) in [5, 5.41) is 14.2. The highest BCUT2D eigenvalue weighted by molar-refractivity contribution is 5.90. The average Bonchev–Trinajstić information content (AvgIpc) is 2.94. The maximum absolute atomic E-state index is 12.1. The van der Waals surface area contributed by atoms with E-state index in [1.807, 2.05) is 0 Å². The summed E-state index contributed by atoms with van der Waals surface area (Å²) in [7, 11) is 1.54. The number of nitrogens with zero attached hydrogens (tertiary/aromatic N) is 1. The van der Waals surface area contributed by atoms with Gasteiger partial charge >= 0.3 is 12.0 Å². The number of hydrogen-bond donors (Lipinski definition) is 3. The normalized spacial score (nSPS) is 29.1. The van der Waals surface area contributed by atoms with Gasteiger partial charge in [0.15, 0.2) is 0 Å². The van der Waals surface area contributed by atoms with E-state index in [-0.39, 0.29) is 25.5 Å². The van der Waals surface area contributed by atoms with E-state index in [1.54, 1.807) is 0 Å². The van der Waals surface area contributed by atoms with E-state index in [2.05, 4.69) is 10.6 Å². The van der Waals surface area contributed by atoms with Crippen LogP contribution in [0.25, 0.3) is 0 Å². The highest BCUT2D eigenvalue weighted by Gasteiger charge is 2.38. The second-order valence-electron chi connectivity index (χ2n) is 5.13. The third-order valence-electron chi connectivity index (χ3n) is 3.79. The van der Waals surface area contributed by atoms with Crippen molar-refractivity contribution in [3.8, 4) is 0 Å². The summed E-state index contributed by atoms with van der Waals surface area (Å²) >= 11 is 0. The number of carbonyl (C=O) groups excluding carboxylic acids is 2. The molecule has 9 nitrogen and oxygen atoms in total. The minimum atomic E-state index is -1.16. The number of aliphatic carboxylic acids is 1. The van der Waals surface area contributed by atoms with Gasteiger partial charge in [0.25, 0.3) is 0 Å². The topological polar surface area (TPSA) is 117 Å². The SMILES string of the molecule is COC1(CNC(=O)N2CC(=O)NCC2C(=O)O)CCOC1. The van der Waals surface area contributed by atoms with Crippen LogP contribution < -0.4 is 10.6 Å². The molecule has 0 aromatic carbocycles. The van der Waals surface area contributed by atoms with Crippen molar-refractivity contribution < 1.29 is 29.0 Å². The lowest BCUT2D eigenvalue weighted by atomic mass is 10.0. The summed E-state index contributed by atoms with van der Waals surface area (Å²) in [6.45, 7) is 0.742. The van der Waals surface area contributed by atoms with E-state index in [9.17, 15) is 14.4 Å². The Morgan fingerprint density at radius 3 is 2.95 bits per heavy atom. The molecule has 9 heteroatoms. The third-order valence-corrected chi connectivity index (χ3v) is 3.79. The van der Waals surface area contributed by atoms with E-state index in [1.165, 1.54) is 7.11 Å². The van der Waals surface area contributed by atoms with Crippen molar-refractivity contribution in [2.45, 2.75) is 18.1 Å². The predicted molar refractivity (Wildman–Crippen MR) is 69.7 cm³/mol. The van der Waals surface area contributed by atoms with Crippen molar-refractivity contribution in [1.82, 2.24) is 15.5 Å². The fraction of sp³-hybridized carbons (Fsp3) is 0.750. The summed E-state index contributed by atoms with van der Waals surface area (Å²) in [5.41, 5.74) is -0.591. The van der Waals surface area contributed by atoms with Crippen molar-refractivity contribution in [1.29, 1.82) is 0 Å². The first-order valence-corrected chi connectivity index (χ1v) is 6.64. The van der Waals surface area contributed by atoms with E-state index < -0.39 is 23.6 Å². The maximum atomic E-state index is 12.1. The molecule has 2 rings (SSSR count). The quantitative estimate of drug-likeness (QED) is 0.575. The zero-order valence-electron chi connectivity index (χ0n) is 11.8. The number of nitrogens with one attached hydrogen (secondary N) is 2. The van der Waals surface area contributed by atoms with Crippen molar-refractivity contribution in [3.05, 3.63) is 0 Å². The number of carbonyl (C=O) groups is 3. The number of rotatable bonds is 4. The number of piperazine rings is 1. The van der Waals surface area contributed by atoms with Crippen LogP contribution in [-0.4, -0.2) is 79.5 Å². The van der Waals surface area contributed by atoms with Gasteiger partial charge in [-0.05, 0) is 0 Å². The number of carboxylic acid groups (broad SMARTS) is 1. The van der Waals surface area contributed by atoms with Crippen molar-refractivity contribution in [2.24, 2.45) is 0 Å². The molecule has 0 bridgehead atoms. The van der Waals surface area contributed by atoms with Gasteiger partial charge in [-0.3, -0.25) is 9.69 Å². The van der Waals surface area contributed by atoms with Crippen molar-refractivity contribution >= 4 is 17.9 Å². The van der Waals surface area contributed by atoms with Crippen LogP contribution in [-0.2, 0) is 19.1 Å². The minimum absolute atomic E-state index is 0.0971. The van der Waals surface area contributed by atoms with Crippen LogP contribution in [0, 0.1) is 0 Å². The van der Waals surface area contributed by atoms with Crippen LogP contribution >= 0.6 is 0 Å². The number of amides is 3. The van der Waals surface area contributed by atoms with Crippen LogP contribution in [0.4, 0.5) is 4.79 Å². The van der Waals surface area contributed by atoms with Crippen LogP contribution in [0.2, 0.25) is 0 Å². The molecular formula is C12H19N3O6. The number of methoxy groups -OCH3 is 1. The Hall–Kier alpha value is -1.87. The second-order valence-corrected chi connectivity index (χ2v) is 5.13. The smallest absolute Gasteiger partial charge is 0.328 e. The third kappa shape index (κ3) is 3.42. The summed E-state index contributed by atoms with van der Waals surface area (Å²) in [6, 6.07) is -1.67. The number of carboxylic acids is 1. The fourth-order valence-electron chi connectivity index (χ4n) is 2.37. The van der Waals surface area contributed by atoms with Crippen LogP contribution in [0.15, 0.2) is 0 Å². The Kier molecular flexibility index (Phi) is 4.63. The van der Waals surface area contributed by atoms with Crippen LogP contribution in [0.1, 0.15) is 6.42 Å². The van der Waals surface area contributed by atoms with Gasteiger partial charge in [0, 0.05) is 26.7 Å². The zero-order valence-corrected chi connectivity index (χ0v) is 11.8. The number of ether oxygens (including phenoxy) is 2. The van der Waals surface area contributed by atoms with E-state index in [0.29, 0.717) is 19.6 Å². The second kappa shape index (κ2) is 6.27. The molecule has 3 amide bonds. The Labute approximate surface area is 121 Å². The molecule has 118 valence electrons. The molecule has 21 heavy (non-hydrogen) atoms. The Morgan fingerprint density at radius 2 is 2.38 bits per heavy atom. The van der Waals surface area contributed by atoms with E-state index in [0.717, 1.165) is 4.90 Å². The van der Waals surface area contributed by atoms with Gasteiger partial charge in [0.1, 0.15) is 18.2 Å². The summed E-state index contributed by atoms with van der Waals surface area (Å²) in [5.74, 6) is -1.54. The number of hydrogen-bond acceptors (Lipinski definition) is 5. The molecule has 2 saturated heterocycles. The Balaban J connectivity index is 1.97. The predicted octanol–water partition coefficient (Wildman–Crippen LogP) is -1.61. The first kappa shape index (κ1) is 15.5. The summed E-state index contributed by atoms with van der Waals surface area (Å²) in [4.78, 5) is 35.7. The molecule has 2 unspecified atom stereocenters. The van der Waals surface area contributed by atoms with Gasteiger partial charge in [-0.2, -0.15) is 0 Å². The van der Waals surface area contributed by atoms with Crippen LogP contribution in [0.5, 0.6) is 0 Å². The van der Waals surface area contributed by atoms with Crippen LogP contribution in [0.3, 0.4) is 0 Å². The van der Waals surface area contributed by atoms with E-state index >= 15 is 0 Å². The molecule has 0 spiro atoms. The monoisotopic (exact) mass is 301 g/mol. The Morgan fingerprint density at radius 1 is 1.62 bits per heavy atom. The first-order chi connectivity index (χ1) is 9.97. The molecule has 0 saturated carbocycles. The minimum Gasteiger partial charge on any atom is -0.480 e. The van der Waals surface area contributed by atoms with Gasteiger partial charge in [0.2, 0.25) is 5.91 Å². The summed E-state index contributed by atoms with van der Waals surface area (Å²) < 4.78 is 10.6. The molecule has 2 aliphatic heterocycles. The molecule has 2 heterocycles. The fourth-order valence-corrected chi connectivity index (χ4v) is 2.37. The largest absolute Gasteiger partial charge is 0.480 e. The molecule has 0 aliphatic carbocycles. The molecule has 2 atom stereocenters. The van der Waals surface area contributed by atoms with Gasteiger partial charge in [-0.1, -0.05) is 0 Å². The van der Waals surface area contributed by atoms with Crippen molar-refractivity contribution in [2.75, 3.05) is 40.0 Å². The highest BCUT2D eigenvalue weighted by atomic mass is 16.5.